The number of hydrogen-bond acceptors (Lipinski definition) is 9. The van der Waals surface area contributed by atoms with E-state index >= 15 is 0 Å². The van der Waals surface area contributed by atoms with E-state index in [2.05, 4.69) is 30.9 Å². The first-order valence-corrected chi connectivity index (χ1v) is 16.8. The van der Waals surface area contributed by atoms with E-state index in [4.69, 9.17) is 31.4 Å². The molecule has 1 saturated heterocycles. The molecular weight excluding hydrogens is 802 g/mol. The van der Waals surface area contributed by atoms with Crippen molar-refractivity contribution in [3.05, 3.63) is 94.4 Å². The number of pyridine rings is 1. The molecule has 13 nitrogen and oxygen atoms in total. The number of carboxylic acid groups (broad SMARTS) is 2. The third-order valence-electron chi connectivity index (χ3n) is 8.14. The van der Waals surface area contributed by atoms with E-state index in [1.54, 1.807) is 17.3 Å². The molecule has 2 aromatic carbocycles. The number of benzene rings is 2. The van der Waals surface area contributed by atoms with Crippen molar-refractivity contribution in [2.45, 2.75) is 44.5 Å². The fourth-order valence-corrected chi connectivity index (χ4v) is 5.53. The van der Waals surface area contributed by atoms with Crippen LogP contribution in [-0.2, 0) is 27.2 Å². The van der Waals surface area contributed by atoms with E-state index < -0.39 is 41.8 Å². The van der Waals surface area contributed by atoms with Crippen molar-refractivity contribution in [1.29, 1.82) is 0 Å². The fourth-order valence-electron chi connectivity index (χ4n) is 5.39. The average molecular weight is 832 g/mol. The summed E-state index contributed by atoms with van der Waals surface area (Å²) in [5.74, 6) is -6.81. The fraction of sp³-hybridized carbons (Fsp3) is 0.286. The molecule has 2 amide bonds. The summed E-state index contributed by atoms with van der Waals surface area (Å²) in [7, 11) is 0. The summed E-state index contributed by atoms with van der Waals surface area (Å²) in [5, 5.41) is 24.1. The maximum absolute atomic E-state index is 14.1. The van der Waals surface area contributed by atoms with Crippen molar-refractivity contribution in [1.82, 2.24) is 19.9 Å². The Kier molecular flexibility index (Phi) is 14.3. The highest BCUT2D eigenvalue weighted by Crippen LogP contribution is 2.30. The van der Waals surface area contributed by atoms with Crippen molar-refractivity contribution in [3.63, 3.8) is 0 Å². The number of nitrogens with zero attached hydrogens (tertiary/aromatic N) is 4. The first-order valence-electron chi connectivity index (χ1n) is 16.5. The van der Waals surface area contributed by atoms with E-state index in [-0.39, 0.29) is 17.4 Å². The Labute approximate surface area is 322 Å². The third-order valence-corrected chi connectivity index (χ3v) is 8.42. The van der Waals surface area contributed by atoms with E-state index in [0.29, 0.717) is 73.7 Å². The van der Waals surface area contributed by atoms with E-state index in [1.165, 1.54) is 12.3 Å². The first-order chi connectivity index (χ1) is 26.7. The number of carbonyl (C=O) groups is 4. The lowest BCUT2D eigenvalue weighted by Crippen LogP contribution is -2.39. The second-order valence-electron chi connectivity index (χ2n) is 12.3. The smallest absolute Gasteiger partial charge is 0.475 e. The van der Waals surface area contributed by atoms with Crippen LogP contribution in [0, 0.1) is 17.6 Å². The molecule has 6 rings (SSSR count). The van der Waals surface area contributed by atoms with Crippen LogP contribution in [0.5, 0.6) is 0 Å². The minimum Gasteiger partial charge on any atom is -0.475 e. The van der Waals surface area contributed by atoms with Gasteiger partial charge in [-0.25, -0.2) is 23.4 Å². The van der Waals surface area contributed by atoms with Crippen molar-refractivity contribution in [3.8, 4) is 0 Å². The summed E-state index contributed by atoms with van der Waals surface area (Å²) in [6.07, 6.45) is -2.30. The Morgan fingerprint density at radius 1 is 0.842 bits per heavy atom. The van der Waals surface area contributed by atoms with Crippen LogP contribution in [0.25, 0.3) is 0 Å². The van der Waals surface area contributed by atoms with Gasteiger partial charge in [0.25, 0.3) is 5.91 Å². The molecule has 304 valence electrons. The monoisotopic (exact) mass is 831 g/mol. The average Bonchev–Trinajstić information content (AvgIpc) is 3.13. The zero-order valence-electron chi connectivity index (χ0n) is 29.0. The van der Waals surface area contributed by atoms with Crippen molar-refractivity contribution in [2.75, 3.05) is 29.0 Å². The summed E-state index contributed by atoms with van der Waals surface area (Å²) in [5.41, 5.74) is 4.02. The Hall–Kier alpha value is -6.12. The van der Waals surface area contributed by atoms with Crippen molar-refractivity contribution in [2.24, 2.45) is 5.92 Å². The lowest BCUT2D eigenvalue weighted by atomic mass is 9.92. The highest BCUT2D eigenvalue weighted by molar-refractivity contribution is 6.32. The number of anilines is 5. The largest absolute Gasteiger partial charge is 0.490 e. The van der Waals surface area contributed by atoms with Gasteiger partial charge in [-0.3, -0.25) is 14.6 Å². The second-order valence-corrected chi connectivity index (χ2v) is 12.7. The lowest BCUT2D eigenvalue weighted by molar-refractivity contribution is -0.193. The highest BCUT2D eigenvalue weighted by atomic mass is 35.5. The minimum absolute atomic E-state index is 0.0727. The summed E-state index contributed by atoms with van der Waals surface area (Å²) in [6, 6.07) is 10.6. The number of aromatic nitrogens is 3. The van der Waals surface area contributed by atoms with Crippen LogP contribution in [0.15, 0.2) is 61.1 Å². The second kappa shape index (κ2) is 18.7. The van der Waals surface area contributed by atoms with Gasteiger partial charge in [-0.2, -0.15) is 31.3 Å². The number of halogens is 9. The van der Waals surface area contributed by atoms with Gasteiger partial charge in [-0.15, -0.1) is 0 Å². The quantitative estimate of drug-likeness (QED) is 0.128. The van der Waals surface area contributed by atoms with Crippen LogP contribution in [0.3, 0.4) is 0 Å². The summed E-state index contributed by atoms with van der Waals surface area (Å²) < 4.78 is 90.8. The number of alkyl halides is 6. The van der Waals surface area contributed by atoms with Crippen molar-refractivity contribution < 1.29 is 64.5 Å². The molecule has 1 fully saturated rings. The molecule has 22 heteroatoms. The van der Waals surface area contributed by atoms with Gasteiger partial charge >= 0.3 is 24.3 Å². The topological polar surface area (TPSA) is 187 Å². The van der Waals surface area contributed by atoms with Crippen LogP contribution in [0.1, 0.15) is 40.7 Å². The normalized spacial score (nSPS) is 13.9. The molecule has 0 saturated carbocycles. The van der Waals surface area contributed by atoms with Gasteiger partial charge in [0.2, 0.25) is 11.9 Å². The number of hydrogen-bond donors (Lipinski definition) is 5. The number of carboxylic acids is 2. The van der Waals surface area contributed by atoms with Gasteiger partial charge in [0.1, 0.15) is 16.7 Å². The molecule has 6 bridgehead atoms. The predicted octanol–water partition coefficient (Wildman–Crippen LogP) is 7.54. The first kappa shape index (κ1) is 43.6. The molecular formula is C35H30ClF8N7O6. The maximum Gasteiger partial charge on any atom is 0.490 e. The number of aliphatic carboxylic acids is 2. The Bertz CT molecular complexity index is 2090. The number of rotatable bonds is 4. The Morgan fingerprint density at radius 3 is 2.11 bits per heavy atom. The zero-order chi connectivity index (χ0) is 42.1. The van der Waals surface area contributed by atoms with Gasteiger partial charge in [-0.1, -0.05) is 11.6 Å². The Balaban J connectivity index is 0.000000440. The van der Waals surface area contributed by atoms with Crippen LogP contribution in [0.2, 0.25) is 5.02 Å². The molecule has 0 atom stereocenters. The lowest BCUT2D eigenvalue weighted by Gasteiger charge is -2.32. The Morgan fingerprint density at radius 2 is 1.49 bits per heavy atom. The van der Waals surface area contributed by atoms with Gasteiger partial charge in [0.15, 0.2) is 5.82 Å². The number of fused-ring (bicyclic) bond motifs is 6. The maximum atomic E-state index is 14.1. The molecule has 2 aromatic heterocycles. The van der Waals surface area contributed by atoms with Gasteiger partial charge in [0.05, 0.1) is 23.6 Å². The molecule has 0 unspecified atom stereocenters. The van der Waals surface area contributed by atoms with Gasteiger partial charge in [-0.05, 0) is 79.1 Å². The molecule has 0 aliphatic carbocycles. The SMILES string of the molecule is O=C(CC1CCN(C(=O)c2ccc(F)cc2F)CC1)Nc1ccc2cc1CCc1cncc(c1)Nc1ncc(Cl)c(n1)N2.O=C(O)C(F)(F)F.O=C(O)C(F)(F)F. The molecule has 4 aromatic rings. The summed E-state index contributed by atoms with van der Waals surface area (Å²) in [6.45, 7) is 0.795. The molecule has 2 aliphatic rings. The van der Waals surface area contributed by atoms with E-state index in [0.717, 1.165) is 28.6 Å². The zero-order valence-corrected chi connectivity index (χ0v) is 29.8. The van der Waals surface area contributed by atoms with Gasteiger partial charge < -0.3 is 31.1 Å². The number of aryl methyl sites for hydroxylation is 2. The number of nitrogens with one attached hydrogen (secondary N) is 3. The summed E-state index contributed by atoms with van der Waals surface area (Å²) in [4.78, 5) is 58.3. The third kappa shape index (κ3) is 13.0. The molecule has 5 N–H and O–H groups in total. The number of carbonyl (C=O) groups excluding carboxylic acids is 2. The van der Waals surface area contributed by atoms with E-state index in [9.17, 15) is 44.7 Å². The molecule has 4 heterocycles. The predicted molar refractivity (Wildman–Crippen MR) is 187 cm³/mol. The van der Waals surface area contributed by atoms with Crippen LogP contribution in [-0.4, -0.2) is 79.3 Å². The molecule has 0 radical (unpaired) electrons. The minimum atomic E-state index is -5.08. The molecule has 0 spiro atoms. The van der Waals surface area contributed by atoms with Crippen LogP contribution in [0.4, 0.5) is 64.0 Å². The molecule has 2 aliphatic heterocycles. The van der Waals surface area contributed by atoms with E-state index in [1.807, 2.05) is 24.3 Å². The van der Waals surface area contributed by atoms with Crippen LogP contribution < -0.4 is 16.0 Å². The number of piperidine rings is 1. The van der Waals surface area contributed by atoms with Gasteiger partial charge in [0, 0.05) is 43.1 Å². The number of likely N-dealkylation sites (tertiary alicyclic amines) is 1. The van der Waals surface area contributed by atoms with Crippen molar-refractivity contribution >= 4 is 64.2 Å². The highest BCUT2D eigenvalue weighted by Gasteiger charge is 2.39. The van der Waals surface area contributed by atoms with Crippen LogP contribution >= 0.6 is 11.6 Å². The summed E-state index contributed by atoms with van der Waals surface area (Å²) >= 11 is 6.36. The molecule has 57 heavy (non-hydrogen) atoms. The standard InChI is InChI=1S/C31H28ClF2N7O2.2C2HF3O2/c32-25-17-36-31-38-23-11-19(15-35-16-23)1-2-20-13-22(37-29(25)40-31)4-6-27(20)39-28(42)12-18-7-9-41(10-8-18)30(43)24-5-3-21(33)14-26(24)34;2*3-2(4,5)1(6)7/h3-6,11,13-18H,1-2,7-10,12H2,(H,39,42)(H2,36,37,38,40);2*(H,6,7). The number of amides is 2.